The van der Waals surface area contributed by atoms with Crippen molar-refractivity contribution < 1.29 is 4.79 Å². The van der Waals surface area contributed by atoms with Crippen LogP contribution in [0.4, 0.5) is 0 Å². The Hall–Kier alpha value is -0.570. The summed E-state index contributed by atoms with van der Waals surface area (Å²) in [4.78, 5) is 14.5. The highest BCUT2D eigenvalue weighted by Gasteiger charge is 2.10. The summed E-state index contributed by atoms with van der Waals surface area (Å²) in [6.45, 7) is 17.9. The molecule has 0 aliphatic rings. The Morgan fingerprint density at radius 2 is 1.67 bits per heavy atom. The van der Waals surface area contributed by atoms with Gasteiger partial charge >= 0.3 is 0 Å². The first-order valence-corrected chi connectivity index (χ1v) is 10.2. The van der Waals surface area contributed by atoms with E-state index in [9.17, 15) is 4.79 Å². The number of hydrogen-bond acceptors (Lipinski definition) is 2. The van der Waals surface area contributed by atoms with Crippen molar-refractivity contribution in [3.05, 3.63) is 0 Å². The van der Waals surface area contributed by atoms with Gasteiger partial charge in [-0.25, -0.2) is 0 Å². The minimum atomic E-state index is 0.227. The summed E-state index contributed by atoms with van der Waals surface area (Å²) in [7, 11) is 0. The number of unbranched alkanes of at least 4 members (excludes halogenated alkanes) is 2. The zero-order valence-corrected chi connectivity index (χ0v) is 17.4. The molecule has 0 aromatic carbocycles. The molecule has 0 saturated heterocycles. The molecular formula is C21H44N2O. The largest absolute Gasteiger partial charge is 0.356 e. The average molecular weight is 341 g/mol. The summed E-state index contributed by atoms with van der Waals surface area (Å²) < 4.78 is 0. The fourth-order valence-electron chi connectivity index (χ4n) is 2.72. The second kappa shape index (κ2) is 13.7. The molecule has 0 aliphatic carbocycles. The number of nitrogens with zero attached hydrogens (tertiary/aromatic N) is 1. The van der Waals surface area contributed by atoms with E-state index in [0.717, 1.165) is 31.8 Å². The van der Waals surface area contributed by atoms with Crippen LogP contribution < -0.4 is 5.32 Å². The third-order valence-corrected chi connectivity index (χ3v) is 4.40. The van der Waals surface area contributed by atoms with Gasteiger partial charge in [0.15, 0.2) is 0 Å². The van der Waals surface area contributed by atoms with Gasteiger partial charge in [-0.15, -0.1) is 0 Å². The molecular weight excluding hydrogens is 296 g/mol. The van der Waals surface area contributed by atoms with Crippen molar-refractivity contribution in [1.29, 1.82) is 0 Å². The van der Waals surface area contributed by atoms with E-state index in [4.69, 9.17) is 0 Å². The van der Waals surface area contributed by atoms with Crippen LogP contribution in [0.15, 0.2) is 0 Å². The van der Waals surface area contributed by atoms with Crippen molar-refractivity contribution in [2.24, 2.45) is 11.3 Å². The van der Waals surface area contributed by atoms with E-state index >= 15 is 0 Å². The van der Waals surface area contributed by atoms with Crippen molar-refractivity contribution in [2.75, 3.05) is 26.2 Å². The highest BCUT2D eigenvalue weighted by molar-refractivity contribution is 5.75. The number of amides is 1. The molecule has 3 nitrogen and oxygen atoms in total. The van der Waals surface area contributed by atoms with E-state index < -0.39 is 0 Å². The maximum absolute atomic E-state index is 11.9. The first-order chi connectivity index (χ1) is 11.2. The lowest BCUT2D eigenvalue weighted by atomic mass is 9.90. The molecule has 0 fully saturated rings. The second-order valence-corrected chi connectivity index (χ2v) is 8.85. The number of hydrogen-bond donors (Lipinski definition) is 1. The average Bonchev–Trinajstić information content (AvgIpc) is 2.47. The van der Waals surface area contributed by atoms with Crippen LogP contribution in [-0.4, -0.2) is 37.0 Å². The van der Waals surface area contributed by atoms with E-state index in [-0.39, 0.29) is 5.91 Å². The first kappa shape index (κ1) is 23.4. The monoisotopic (exact) mass is 340 g/mol. The van der Waals surface area contributed by atoms with Gasteiger partial charge in [-0.1, -0.05) is 54.4 Å². The van der Waals surface area contributed by atoms with Gasteiger partial charge in [-0.3, -0.25) is 4.79 Å². The third-order valence-electron chi connectivity index (χ3n) is 4.40. The molecule has 0 aliphatic heterocycles. The van der Waals surface area contributed by atoms with Gasteiger partial charge in [0.05, 0.1) is 0 Å². The number of carbonyl (C=O) groups excluding carboxylic acids is 1. The predicted molar refractivity (Wildman–Crippen MR) is 106 cm³/mol. The molecule has 24 heavy (non-hydrogen) atoms. The minimum Gasteiger partial charge on any atom is -0.356 e. The molecule has 1 amide bonds. The van der Waals surface area contributed by atoms with Crippen molar-refractivity contribution in [3.8, 4) is 0 Å². The van der Waals surface area contributed by atoms with E-state index in [1.807, 2.05) is 0 Å². The molecule has 0 spiro atoms. The molecule has 0 radical (unpaired) electrons. The van der Waals surface area contributed by atoms with Gasteiger partial charge in [0.25, 0.3) is 0 Å². The van der Waals surface area contributed by atoms with Gasteiger partial charge in [-0.2, -0.15) is 0 Å². The summed E-state index contributed by atoms with van der Waals surface area (Å²) in [6, 6.07) is 0. The molecule has 0 atom stereocenters. The van der Waals surface area contributed by atoms with Gasteiger partial charge in [0.1, 0.15) is 0 Å². The van der Waals surface area contributed by atoms with Crippen LogP contribution in [0, 0.1) is 11.3 Å². The van der Waals surface area contributed by atoms with Gasteiger partial charge in [0.2, 0.25) is 5.91 Å². The van der Waals surface area contributed by atoms with Gasteiger partial charge < -0.3 is 10.2 Å². The highest BCUT2D eigenvalue weighted by Crippen LogP contribution is 2.21. The maximum Gasteiger partial charge on any atom is 0.220 e. The molecule has 0 rings (SSSR count). The van der Waals surface area contributed by atoms with Crippen molar-refractivity contribution in [2.45, 2.75) is 92.9 Å². The van der Waals surface area contributed by atoms with Crippen molar-refractivity contribution in [3.63, 3.8) is 0 Å². The number of carbonyl (C=O) groups is 1. The molecule has 0 aromatic rings. The molecule has 0 bridgehead atoms. The lowest BCUT2D eigenvalue weighted by molar-refractivity contribution is -0.121. The molecule has 0 aromatic heterocycles. The van der Waals surface area contributed by atoms with Crippen molar-refractivity contribution in [1.82, 2.24) is 10.2 Å². The van der Waals surface area contributed by atoms with E-state index in [1.54, 1.807) is 0 Å². The Labute approximate surface area is 152 Å². The van der Waals surface area contributed by atoms with Crippen LogP contribution in [0.3, 0.4) is 0 Å². The lowest BCUT2D eigenvalue weighted by Gasteiger charge is -2.23. The quantitative estimate of drug-likeness (QED) is 0.438. The minimum absolute atomic E-state index is 0.227. The van der Waals surface area contributed by atoms with Crippen LogP contribution in [0.25, 0.3) is 0 Å². The molecule has 1 N–H and O–H groups in total. The summed E-state index contributed by atoms with van der Waals surface area (Å²) in [5, 5.41) is 3.08. The molecule has 0 unspecified atom stereocenters. The normalized spacial score (nSPS) is 12.2. The molecule has 0 saturated carbocycles. The SMILES string of the molecule is CCCCN(CCCC(=O)NCCCCC(C)(C)C)CCC(C)C. The topological polar surface area (TPSA) is 32.3 Å². The predicted octanol–water partition coefficient (Wildman–Crippen LogP) is 5.25. The van der Waals surface area contributed by atoms with E-state index in [0.29, 0.717) is 11.8 Å². The summed E-state index contributed by atoms with van der Waals surface area (Å²) in [5.74, 6) is 0.982. The summed E-state index contributed by atoms with van der Waals surface area (Å²) >= 11 is 0. The highest BCUT2D eigenvalue weighted by atomic mass is 16.1. The zero-order chi connectivity index (χ0) is 18.4. The Kier molecular flexibility index (Phi) is 13.4. The fourth-order valence-corrected chi connectivity index (χ4v) is 2.72. The Morgan fingerprint density at radius 3 is 2.25 bits per heavy atom. The van der Waals surface area contributed by atoms with Crippen LogP contribution in [0.1, 0.15) is 92.9 Å². The Morgan fingerprint density at radius 1 is 1.00 bits per heavy atom. The summed E-state index contributed by atoms with van der Waals surface area (Å²) in [6.07, 6.45) is 8.93. The van der Waals surface area contributed by atoms with Crippen LogP contribution >= 0.6 is 0 Å². The fraction of sp³-hybridized carbons (Fsp3) is 0.952. The molecule has 0 heterocycles. The van der Waals surface area contributed by atoms with E-state index in [1.165, 1.54) is 45.2 Å². The number of rotatable bonds is 14. The smallest absolute Gasteiger partial charge is 0.220 e. The Bertz CT molecular complexity index is 307. The Balaban J connectivity index is 3.77. The van der Waals surface area contributed by atoms with Crippen LogP contribution in [0.5, 0.6) is 0 Å². The van der Waals surface area contributed by atoms with Gasteiger partial charge in [-0.05, 0) is 63.1 Å². The summed E-state index contributed by atoms with van der Waals surface area (Å²) in [5.41, 5.74) is 0.405. The van der Waals surface area contributed by atoms with Crippen LogP contribution in [-0.2, 0) is 4.79 Å². The molecule has 144 valence electrons. The van der Waals surface area contributed by atoms with E-state index in [2.05, 4.69) is 51.8 Å². The van der Waals surface area contributed by atoms with Gasteiger partial charge in [0, 0.05) is 13.0 Å². The maximum atomic E-state index is 11.9. The number of nitrogens with one attached hydrogen (secondary N) is 1. The van der Waals surface area contributed by atoms with Crippen LogP contribution in [0.2, 0.25) is 0 Å². The van der Waals surface area contributed by atoms with Crippen molar-refractivity contribution >= 4 is 5.91 Å². The standard InChI is InChI=1S/C21H44N2O/c1-7-8-16-23(18-13-19(2)3)17-11-12-20(24)22-15-10-9-14-21(4,5)6/h19H,7-18H2,1-6H3,(H,22,24). The first-order valence-electron chi connectivity index (χ1n) is 10.2. The lowest BCUT2D eigenvalue weighted by Crippen LogP contribution is -2.30. The second-order valence-electron chi connectivity index (χ2n) is 8.85. The zero-order valence-electron chi connectivity index (χ0n) is 17.4. The molecule has 3 heteroatoms. The third kappa shape index (κ3) is 16.3.